The predicted molar refractivity (Wildman–Crippen MR) is 178 cm³/mol. The van der Waals surface area contributed by atoms with Gasteiger partial charge in [-0.25, -0.2) is 0 Å². The molecule has 242 valence electrons. The highest BCUT2D eigenvalue weighted by Gasteiger charge is 2.77. The monoisotopic (exact) mass is 625 g/mol. The Hall–Kier alpha value is -2.78. The minimum absolute atomic E-state index is 0.0421. The Morgan fingerprint density at radius 1 is 1.14 bits per heavy atom. The van der Waals surface area contributed by atoms with E-state index >= 15 is 0 Å². The second-order valence-corrected chi connectivity index (χ2v) is 14.3. The van der Waals surface area contributed by atoms with E-state index in [0.29, 0.717) is 31.9 Å². The van der Waals surface area contributed by atoms with Gasteiger partial charge in [0.05, 0.1) is 35.8 Å². The molecule has 0 saturated carbocycles. The average molecular weight is 626 g/mol. The number of rotatable bonds is 16. The zero-order chi connectivity index (χ0) is 32.2. The molecular weight excluding hydrogens is 574 g/mol. The number of nitrogens with zero attached hydrogens (tertiary/aromatic N) is 3. The molecule has 3 saturated heterocycles. The van der Waals surface area contributed by atoms with Gasteiger partial charge in [0.25, 0.3) is 0 Å². The van der Waals surface area contributed by atoms with E-state index in [1.807, 2.05) is 49.9 Å². The van der Waals surface area contributed by atoms with Crippen LogP contribution in [0.4, 0.5) is 5.69 Å². The highest BCUT2D eigenvalue weighted by atomic mass is 32.2. The number of anilines is 1. The van der Waals surface area contributed by atoms with E-state index in [-0.39, 0.29) is 41.4 Å². The topological polar surface area (TPSA) is 90.4 Å². The number of thioether (sulfide) groups is 1. The summed E-state index contributed by atoms with van der Waals surface area (Å²) in [5.74, 6) is -0.966. The second-order valence-electron chi connectivity index (χ2n) is 12.7. The number of likely N-dealkylation sites (tertiary alicyclic amines) is 1. The first kappa shape index (κ1) is 34.1. The summed E-state index contributed by atoms with van der Waals surface area (Å²) in [4.78, 5) is 49.2. The van der Waals surface area contributed by atoms with Gasteiger partial charge in [-0.05, 0) is 55.9 Å². The standard InChI is InChI=1S/C35H51N3O5S/c1-8-12-13-20-36(18-9-2)34(42)31-35-24(7)21-28(44-35)29(30(35)33(41)38(31)27(22-39)23(5)6)32(40)37(19-10-3)25-14-16-26(17-15-25)43-11-4/h9-10,14-17,23-24,27-31,39H,2-3,8,11-13,18-22H2,1,4-7H3/t24?,27-,28+,29-,30-,31?,35?/m0/s1. The molecule has 0 aliphatic carbocycles. The van der Waals surface area contributed by atoms with E-state index in [2.05, 4.69) is 27.0 Å². The summed E-state index contributed by atoms with van der Waals surface area (Å²) >= 11 is 1.67. The molecule has 1 spiro atoms. The Balaban J connectivity index is 1.79. The number of aliphatic hydroxyl groups excluding tert-OH is 1. The highest BCUT2D eigenvalue weighted by Crippen LogP contribution is 2.69. The lowest BCUT2D eigenvalue weighted by molar-refractivity contribution is -0.146. The third-order valence-electron chi connectivity index (χ3n) is 9.75. The zero-order valence-corrected chi connectivity index (χ0v) is 27.9. The van der Waals surface area contributed by atoms with Crippen LogP contribution < -0.4 is 9.64 Å². The van der Waals surface area contributed by atoms with Gasteiger partial charge in [-0.15, -0.1) is 24.9 Å². The van der Waals surface area contributed by atoms with E-state index in [1.54, 1.807) is 33.7 Å². The molecule has 8 nitrogen and oxygen atoms in total. The number of carbonyl (C=O) groups is 3. The van der Waals surface area contributed by atoms with Crippen LogP contribution in [0, 0.1) is 23.7 Å². The van der Waals surface area contributed by atoms with E-state index in [0.717, 1.165) is 31.4 Å². The predicted octanol–water partition coefficient (Wildman–Crippen LogP) is 5.16. The lowest BCUT2D eigenvalue weighted by Crippen LogP contribution is -2.60. The number of hydrogen-bond acceptors (Lipinski definition) is 6. The molecule has 3 unspecified atom stereocenters. The number of aliphatic hydroxyl groups is 1. The Kier molecular flexibility index (Phi) is 11.3. The molecule has 2 bridgehead atoms. The van der Waals surface area contributed by atoms with Crippen molar-refractivity contribution in [1.82, 2.24) is 9.80 Å². The van der Waals surface area contributed by atoms with Crippen molar-refractivity contribution in [1.29, 1.82) is 0 Å². The Morgan fingerprint density at radius 2 is 1.82 bits per heavy atom. The fourth-order valence-corrected chi connectivity index (χ4v) is 10.1. The van der Waals surface area contributed by atoms with Crippen molar-refractivity contribution in [2.24, 2.45) is 23.7 Å². The largest absolute Gasteiger partial charge is 0.494 e. The van der Waals surface area contributed by atoms with E-state index < -0.39 is 28.7 Å². The van der Waals surface area contributed by atoms with Gasteiger partial charge in [0, 0.05) is 30.6 Å². The SMILES string of the molecule is C=CCN(CCCCC)C(=O)C1N([C@@H](CO)C(C)C)C(=O)[C@@H]2[C@@H](C(=O)N(CC=C)c3ccc(OCC)cc3)[C@H]3CC(C)C12S3. The number of ether oxygens (including phenoxy) is 1. The van der Waals surface area contributed by atoms with Crippen LogP contribution in [0.25, 0.3) is 0 Å². The molecule has 1 aromatic rings. The molecule has 9 heteroatoms. The van der Waals surface area contributed by atoms with Crippen LogP contribution in [0.1, 0.15) is 60.3 Å². The summed E-state index contributed by atoms with van der Waals surface area (Å²) in [5, 5.41) is 10.5. The van der Waals surface area contributed by atoms with Gasteiger partial charge < -0.3 is 24.5 Å². The third kappa shape index (κ3) is 5.94. The van der Waals surface area contributed by atoms with Crippen LogP contribution in [0.2, 0.25) is 0 Å². The van der Waals surface area contributed by atoms with Crippen molar-refractivity contribution >= 4 is 35.2 Å². The van der Waals surface area contributed by atoms with Crippen molar-refractivity contribution in [2.75, 3.05) is 37.7 Å². The normalized spacial score (nSPS) is 27.8. The number of carbonyl (C=O) groups excluding carboxylic acids is 3. The molecule has 3 amide bonds. The Bertz CT molecular complexity index is 1210. The summed E-state index contributed by atoms with van der Waals surface area (Å²) in [5.41, 5.74) is 0.714. The first-order chi connectivity index (χ1) is 21.1. The van der Waals surface area contributed by atoms with Gasteiger partial charge in [0.2, 0.25) is 17.7 Å². The molecule has 0 radical (unpaired) electrons. The first-order valence-electron chi connectivity index (χ1n) is 16.3. The van der Waals surface area contributed by atoms with Gasteiger partial charge in [-0.2, -0.15) is 0 Å². The second kappa shape index (κ2) is 14.5. The van der Waals surface area contributed by atoms with Gasteiger partial charge in [-0.3, -0.25) is 14.4 Å². The van der Waals surface area contributed by atoms with Crippen LogP contribution in [-0.2, 0) is 14.4 Å². The van der Waals surface area contributed by atoms with Crippen LogP contribution in [0.3, 0.4) is 0 Å². The molecule has 0 aromatic heterocycles. The lowest BCUT2D eigenvalue weighted by atomic mass is 9.65. The molecule has 1 N–H and O–H groups in total. The fraction of sp³-hybridized carbons (Fsp3) is 0.629. The molecule has 44 heavy (non-hydrogen) atoms. The number of amides is 3. The van der Waals surface area contributed by atoms with E-state index in [9.17, 15) is 19.5 Å². The minimum atomic E-state index is -0.762. The number of hydrogen-bond donors (Lipinski definition) is 1. The van der Waals surface area contributed by atoms with Crippen molar-refractivity contribution in [3.05, 3.63) is 49.6 Å². The molecule has 1 aromatic carbocycles. The number of fused-ring (bicyclic) bond motifs is 1. The van der Waals surface area contributed by atoms with Crippen LogP contribution in [-0.4, -0.2) is 87.6 Å². The van der Waals surface area contributed by atoms with Crippen LogP contribution >= 0.6 is 11.8 Å². The molecule has 3 aliphatic heterocycles. The third-order valence-corrected chi connectivity index (χ3v) is 11.8. The maximum absolute atomic E-state index is 14.7. The van der Waals surface area contributed by atoms with E-state index in [1.165, 1.54) is 0 Å². The lowest BCUT2D eigenvalue weighted by Gasteiger charge is -2.43. The summed E-state index contributed by atoms with van der Waals surface area (Å²) in [7, 11) is 0. The van der Waals surface area contributed by atoms with E-state index in [4.69, 9.17) is 4.74 Å². The summed E-state index contributed by atoms with van der Waals surface area (Å²) in [6.07, 6.45) is 7.09. The molecule has 3 heterocycles. The van der Waals surface area contributed by atoms with Crippen LogP contribution in [0.5, 0.6) is 5.75 Å². The zero-order valence-electron chi connectivity index (χ0n) is 27.1. The minimum Gasteiger partial charge on any atom is -0.494 e. The fourth-order valence-electron chi connectivity index (χ4n) is 7.69. The van der Waals surface area contributed by atoms with Crippen molar-refractivity contribution in [3.63, 3.8) is 0 Å². The summed E-state index contributed by atoms with van der Waals surface area (Å²) < 4.78 is 4.85. The van der Waals surface area contributed by atoms with Gasteiger partial charge in [-0.1, -0.05) is 52.7 Å². The smallest absolute Gasteiger partial charge is 0.247 e. The number of benzene rings is 1. The number of unbranched alkanes of at least 4 members (excludes halogenated alkanes) is 2. The maximum atomic E-state index is 14.7. The van der Waals surface area contributed by atoms with Crippen LogP contribution in [0.15, 0.2) is 49.6 Å². The Labute approximate surface area is 267 Å². The van der Waals surface area contributed by atoms with Gasteiger partial charge >= 0.3 is 0 Å². The maximum Gasteiger partial charge on any atom is 0.247 e. The highest BCUT2D eigenvalue weighted by molar-refractivity contribution is 8.02. The Morgan fingerprint density at radius 3 is 2.39 bits per heavy atom. The van der Waals surface area contributed by atoms with Gasteiger partial charge in [0.1, 0.15) is 11.8 Å². The quantitative estimate of drug-likeness (QED) is 0.202. The molecule has 7 atom stereocenters. The summed E-state index contributed by atoms with van der Waals surface area (Å²) in [6.45, 7) is 19.5. The van der Waals surface area contributed by atoms with Crippen molar-refractivity contribution in [2.45, 2.75) is 82.4 Å². The molecular formula is C35H51N3O5S. The molecule has 4 rings (SSSR count). The molecule has 3 fully saturated rings. The average Bonchev–Trinajstić information content (AvgIpc) is 3.59. The van der Waals surface area contributed by atoms with Crippen molar-refractivity contribution in [3.8, 4) is 5.75 Å². The van der Waals surface area contributed by atoms with Gasteiger partial charge in [0.15, 0.2) is 0 Å². The summed E-state index contributed by atoms with van der Waals surface area (Å²) in [6, 6.07) is 6.13. The molecule has 3 aliphatic rings. The van der Waals surface area contributed by atoms with Crippen molar-refractivity contribution < 1.29 is 24.2 Å². The first-order valence-corrected chi connectivity index (χ1v) is 17.2.